The second-order valence-electron chi connectivity index (χ2n) is 5.78. The fourth-order valence-electron chi connectivity index (χ4n) is 2.77. The molecule has 0 aliphatic rings. The molecule has 0 saturated heterocycles. The third-order valence-corrected chi connectivity index (χ3v) is 6.37. The molecule has 0 aliphatic carbocycles. The minimum Gasteiger partial charge on any atom is -0.316 e. The summed E-state index contributed by atoms with van der Waals surface area (Å²) in [5.74, 6) is -1.45. The standard InChI is InChI=1S/C15H17F3N3O7P/c1-4-27-29(26,28-5-2)8(3)20-12-7-11(21(24)25)9(15(16,17)18)6-10(12)19-13(22)14(20)23/h6-8H,4-5H2,1-3H3,(H,19,22). The number of fused-ring (bicyclic) bond motifs is 1. The molecule has 29 heavy (non-hydrogen) atoms. The Morgan fingerprint density at radius 3 is 2.24 bits per heavy atom. The number of hydrogen-bond acceptors (Lipinski definition) is 7. The van der Waals surface area contributed by atoms with Gasteiger partial charge in [0.05, 0.1) is 29.2 Å². The molecule has 1 N–H and O–H groups in total. The molecule has 2 rings (SSSR count). The number of hydrogen-bond donors (Lipinski definition) is 1. The van der Waals surface area contributed by atoms with Crippen LogP contribution in [0.4, 0.5) is 18.9 Å². The van der Waals surface area contributed by atoms with Gasteiger partial charge in [-0.2, -0.15) is 13.2 Å². The van der Waals surface area contributed by atoms with E-state index in [1.165, 1.54) is 20.8 Å². The van der Waals surface area contributed by atoms with E-state index < -0.39 is 57.9 Å². The number of aromatic amines is 1. The number of aromatic nitrogens is 2. The number of H-pyrrole nitrogens is 1. The van der Waals surface area contributed by atoms with Gasteiger partial charge in [-0.05, 0) is 26.8 Å². The molecule has 1 atom stereocenters. The lowest BCUT2D eigenvalue weighted by Gasteiger charge is -2.25. The van der Waals surface area contributed by atoms with Crippen LogP contribution in [0.3, 0.4) is 0 Å². The number of nitrogens with zero attached hydrogens (tertiary/aromatic N) is 2. The first-order valence-electron chi connectivity index (χ1n) is 8.30. The van der Waals surface area contributed by atoms with Gasteiger partial charge in [-0.3, -0.25) is 28.8 Å². The van der Waals surface area contributed by atoms with Crippen LogP contribution in [-0.2, 0) is 19.8 Å². The highest BCUT2D eigenvalue weighted by Crippen LogP contribution is 2.58. The molecule has 0 radical (unpaired) electrons. The molecular weight excluding hydrogens is 422 g/mol. The zero-order valence-electron chi connectivity index (χ0n) is 15.5. The fraction of sp³-hybridized carbons (Fsp3) is 0.467. The van der Waals surface area contributed by atoms with E-state index in [4.69, 9.17) is 9.05 Å². The second-order valence-corrected chi connectivity index (χ2v) is 8.12. The van der Waals surface area contributed by atoms with Gasteiger partial charge in [0.25, 0.3) is 5.69 Å². The minimum atomic E-state index is -5.09. The van der Waals surface area contributed by atoms with Crippen LogP contribution in [-0.4, -0.2) is 27.7 Å². The van der Waals surface area contributed by atoms with Crippen molar-refractivity contribution in [3.05, 3.63) is 48.5 Å². The summed E-state index contributed by atoms with van der Waals surface area (Å²) in [5, 5.41) is 11.2. The molecular formula is C15H17F3N3O7P. The number of nitrogens with one attached hydrogen (secondary N) is 1. The Hall–Kier alpha value is -2.50. The van der Waals surface area contributed by atoms with Crippen LogP contribution in [0.25, 0.3) is 11.0 Å². The molecule has 1 aromatic carbocycles. The second kappa shape index (κ2) is 8.09. The van der Waals surface area contributed by atoms with Gasteiger partial charge < -0.3 is 14.0 Å². The third kappa shape index (κ3) is 4.26. The van der Waals surface area contributed by atoms with Crippen molar-refractivity contribution in [3.8, 4) is 0 Å². The summed E-state index contributed by atoms with van der Waals surface area (Å²) in [5.41, 5.74) is -6.45. The molecule has 10 nitrogen and oxygen atoms in total. The van der Waals surface area contributed by atoms with Gasteiger partial charge in [0, 0.05) is 6.07 Å². The number of nitro groups is 1. The van der Waals surface area contributed by atoms with E-state index in [0.29, 0.717) is 16.7 Å². The maximum Gasteiger partial charge on any atom is 0.423 e. The zero-order chi connectivity index (χ0) is 22.1. The summed E-state index contributed by atoms with van der Waals surface area (Å²) in [4.78, 5) is 36.3. The summed E-state index contributed by atoms with van der Waals surface area (Å²) in [6.45, 7) is 4.02. The number of halogens is 3. The summed E-state index contributed by atoms with van der Waals surface area (Å²) in [7, 11) is -4.05. The normalized spacial score (nSPS) is 13.6. The van der Waals surface area contributed by atoms with E-state index in [9.17, 15) is 37.4 Å². The molecule has 0 spiro atoms. The number of alkyl halides is 3. The van der Waals surface area contributed by atoms with Crippen molar-refractivity contribution in [3.63, 3.8) is 0 Å². The Morgan fingerprint density at radius 1 is 1.24 bits per heavy atom. The molecule has 160 valence electrons. The molecule has 0 saturated carbocycles. The van der Waals surface area contributed by atoms with E-state index in [0.717, 1.165) is 0 Å². The van der Waals surface area contributed by atoms with E-state index >= 15 is 0 Å². The average Bonchev–Trinajstić information content (AvgIpc) is 2.61. The topological polar surface area (TPSA) is 134 Å². The van der Waals surface area contributed by atoms with Crippen molar-refractivity contribution in [2.75, 3.05) is 13.2 Å². The highest BCUT2D eigenvalue weighted by molar-refractivity contribution is 7.53. The van der Waals surface area contributed by atoms with E-state index in [1.807, 2.05) is 4.98 Å². The van der Waals surface area contributed by atoms with Gasteiger partial charge in [-0.15, -0.1) is 0 Å². The first-order valence-corrected chi connectivity index (χ1v) is 9.91. The molecule has 1 heterocycles. The average molecular weight is 439 g/mol. The Kier molecular flexibility index (Phi) is 6.36. The zero-order valence-corrected chi connectivity index (χ0v) is 16.4. The molecule has 0 aliphatic heterocycles. The van der Waals surface area contributed by atoms with E-state index in [-0.39, 0.29) is 13.2 Å². The van der Waals surface area contributed by atoms with Gasteiger partial charge in [0.2, 0.25) is 0 Å². The molecule has 0 amide bonds. The third-order valence-electron chi connectivity index (χ3n) is 3.99. The highest BCUT2D eigenvalue weighted by Gasteiger charge is 2.40. The summed E-state index contributed by atoms with van der Waals surface area (Å²) in [6.07, 6.45) is -5.09. The largest absolute Gasteiger partial charge is 0.423 e. The maximum absolute atomic E-state index is 13.2. The van der Waals surface area contributed by atoms with Crippen molar-refractivity contribution in [2.24, 2.45) is 0 Å². The van der Waals surface area contributed by atoms with Crippen LogP contribution in [0.1, 0.15) is 32.1 Å². The summed E-state index contributed by atoms with van der Waals surface area (Å²) >= 11 is 0. The van der Waals surface area contributed by atoms with Crippen molar-refractivity contribution in [1.29, 1.82) is 0 Å². The predicted molar refractivity (Wildman–Crippen MR) is 96.1 cm³/mol. The monoisotopic (exact) mass is 439 g/mol. The molecule has 1 aromatic heterocycles. The SMILES string of the molecule is CCOP(=O)(OCC)C(C)n1c(=O)c(=O)[nH]c2cc(C(F)(F)F)c([N+](=O)[O-])cc21. The quantitative estimate of drug-likeness (QED) is 0.302. The van der Waals surface area contributed by atoms with Gasteiger partial charge in [-0.1, -0.05) is 0 Å². The Bertz CT molecular complexity index is 1100. The molecule has 0 bridgehead atoms. The lowest BCUT2D eigenvalue weighted by atomic mass is 10.1. The van der Waals surface area contributed by atoms with Crippen LogP contribution in [0.15, 0.2) is 21.7 Å². The van der Waals surface area contributed by atoms with Crippen molar-refractivity contribution in [1.82, 2.24) is 9.55 Å². The van der Waals surface area contributed by atoms with Crippen LogP contribution < -0.4 is 11.1 Å². The Labute approximate surface area is 160 Å². The number of benzene rings is 1. The Morgan fingerprint density at radius 2 is 1.79 bits per heavy atom. The molecule has 1 unspecified atom stereocenters. The highest BCUT2D eigenvalue weighted by atomic mass is 31.2. The van der Waals surface area contributed by atoms with Crippen molar-refractivity contribution < 1.29 is 31.7 Å². The lowest BCUT2D eigenvalue weighted by Crippen LogP contribution is -2.38. The van der Waals surface area contributed by atoms with Gasteiger partial charge in [0.1, 0.15) is 11.3 Å². The van der Waals surface area contributed by atoms with Crippen molar-refractivity contribution >= 4 is 24.3 Å². The first kappa shape index (κ1) is 22.8. The van der Waals surface area contributed by atoms with Gasteiger partial charge in [-0.25, -0.2) is 0 Å². The van der Waals surface area contributed by atoms with Gasteiger partial charge in [0.15, 0.2) is 0 Å². The Balaban J connectivity index is 2.95. The smallest absolute Gasteiger partial charge is 0.316 e. The molecule has 14 heteroatoms. The van der Waals surface area contributed by atoms with E-state index in [1.54, 1.807) is 0 Å². The van der Waals surface area contributed by atoms with Gasteiger partial charge >= 0.3 is 24.9 Å². The summed E-state index contributed by atoms with van der Waals surface area (Å²) in [6, 6.07) is 0.845. The number of rotatable bonds is 7. The first-order chi connectivity index (χ1) is 13.4. The van der Waals surface area contributed by atoms with Crippen LogP contribution in [0.2, 0.25) is 0 Å². The fourth-order valence-corrected chi connectivity index (χ4v) is 4.51. The molecule has 2 aromatic rings. The minimum absolute atomic E-state index is 0.0874. The predicted octanol–water partition coefficient (Wildman–Crippen LogP) is 3.40. The van der Waals surface area contributed by atoms with Crippen LogP contribution >= 0.6 is 7.60 Å². The van der Waals surface area contributed by atoms with Crippen LogP contribution in [0, 0.1) is 10.1 Å². The van der Waals surface area contributed by atoms with Crippen LogP contribution in [0.5, 0.6) is 0 Å². The lowest BCUT2D eigenvalue weighted by molar-refractivity contribution is -0.387. The summed E-state index contributed by atoms with van der Waals surface area (Å²) < 4.78 is 63.5. The maximum atomic E-state index is 13.2. The van der Waals surface area contributed by atoms with Crippen molar-refractivity contribution in [2.45, 2.75) is 32.7 Å². The molecule has 0 fully saturated rings. The number of nitro benzene ring substituents is 1. The van der Waals surface area contributed by atoms with E-state index in [2.05, 4.69) is 0 Å².